The van der Waals surface area contributed by atoms with Crippen molar-refractivity contribution in [1.29, 1.82) is 0 Å². The zero-order valence-electron chi connectivity index (χ0n) is 11.0. The largest absolute Gasteiger partial charge is 0.354 e. The fraction of sp³-hybridized carbons (Fsp3) is 0.769. The van der Waals surface area contributed by atoms with Crippen LogP contribution in [0.25, 0.3) is 0 Å². The van der Waals surface area contributed by atoms with E-state index >= 15 is 0 Å². The Hall–Kier alpha value is -1.03. The molecule has 1 aliphatic heterocycles. The van der Waals surface area contributed by atoms with Crippen molar-refractivity contribution in [2.45, 2.75) is 33.2 Å². The molecule has 1 N–H and O–H groups in total. The lowest BCUT2D eigenvalue weighted by molar-refractivity contribution is 0.199. The number of hydrogen-bond donors (Lipinski definition) is 1. The number of piperidine rings is 1. The van der Waals surface area contributed by atoms with Crippen LogP contribution < -0.4 is 5.32 Å². The van der Waals surface area contributed by atoms with E-state index in [0.29, 0.717) is 0 Å². The first kappa shape index (κ1) is 12.4. The number of anilines is 1. The first-order valence-corrected chi connectivity index (χ1v) is 6.77. The molecule has 17 heavy (non-hydrogen) atoms. The Morgan fingerprint density at radius 2 is 2.18 bits per heavy atom. The Balaban J connectivity index is 1.69. The maximum Gasteiger partial charge on any atom is 0.202 e. The van der Waals surface area contributed by atoms with E-state index in [9.17, 15) is 0 Å². The molecule has 0 aromatic carbocycles. The molecule has 0 amide bonds. The van der Waals surface area contributed by atoms with Gasteiger partial charge in [-0.05, 0) is 38.8 Å². The molecule has 0 saturated carbocycles. The van der Waals surface area contributed by atoms with E-state index in [1.807, 2.05) is 12.4 Å². The van der Waals surface area contributed by atoms with Crippen molar-refractivity contribution in [3.8, 4) is 0 Å². The monoisotopic (exact) mass is 236 g/mol. The summed E-state index contributed by atoms with van der Waals surface area (Å²) in [7, 11) is 0. The van der Waals surface area contributed by atoms with Crippen molar-refractivity contribution >= 4 is 5.95 Å². The lowest BCUT2D eigenvalue weighted by Crippen LogP contribution is -2.36. The molecule has 0 atom stereocenters. The van der Waals surface area contributed by atoms with E-state index in [0.717, 1.165) is 31.5 Å². The van der Waals surface area contributed by atoms with Crippen molar-refractivity contribution in [3.63, 3.8) is 0 Å². The van der Waals surface area contributed by atoms with Crippen molar-refractivity contribution in [2.24, 2.45) is 5.92 Å². The van der Waals surface area contributed by atoms with E-state index in [2.05, 4.69) is 33.6 Å². The van der Waals surface area contributed by atoms with Gasteiger partial charge >= 0.3 is 0 Å². The van der Waals surface area contributed by atoms with E-state index < -0.39 is 0 Å². The molecular formula is C13H24N4. The molecule has 0 spiro atoms. The Kier molecular flexibility index (Phi) is 4.42. The standard InChI is InChI=1S/C13H24N4/c1-3-17-11-7-15-13(17)14-6-10-16-8-4-12(2)5-9-16/h7,11-12H,3-6,8-10H2,1-2H3,(H,14,15). The van der Waals surface area contributed by atoms with Crippen molar-refractivity contribution in [3.05, 3.63) is 12.4 Å². The lowest BCUT2D eigenvalue weighted by atomic mass is 9.99. The number of likely N-dealkylation sites (tertiary alicyclic amines) is 1. The average Bonchev–Trinajstić information content (AvgIpc) is 2.79. The van der Waals surface area contributed by atoms with Crippen LogP contribution in [0.15, 0.2) is 12.4 Å². The molecule has 1 fully saturated rings. The van der Waals surface area contributed by atoms with Gasteiger partial charge in [0.25, 0.3) is 0 Å². The second-order valence-corrected chi connectivity index (χ2v) is 4.99. The molecule has 0 bridgehead atoms. The summed E-state index contributed by atoms with van der Waals surface area (Å²) in [4.78, 5) is 6.86. The summed E-state index contributed by atoms with van der Waals surface area (Å²) in [5.74, 6) is 1.91. The van der Waals surface area contributed by atoms with Crippen molar-refractivity contribution < 1.29 is 0 Å². The second-order valence-electron chi connectivity index (χ2n) is 4.99. The molecule has 2 rings (SSSR count). The highest BCUT2D eigenvalue weighted by Crippen LogP contribution is 2.15. The van der Waals surface area contributed by atoms with Crippen LogP contribution in [0, 0.1) is 5.92 Å². The van der Waals surface area contributed by atoms with Crippen LogP contribution in [0.3, 0.4) is 0 Å². The summed E-state index contributed by atoms with van der Waals surface area (Å²) in [6.45, 7) is 10.1. The number of aromatic nitrogens is 2. The maximum absolute atomic E-state index is 4.32. The third-order valence-electron chi connectivity index (χ3n) is 3.64. The molecule has 0 radical (unpaired) electrons. The van der Waals surface area contributed by atoms with E-state index in [-0.39, 0.29) is 0 Å². The van der Waals surface area contributed by atoms with E-state index in [4.69, 9.17) is 0 Å². The van der Waals surface area contributed by atoms with Crippen LogP contribution in [-0.2, 0) is 6.54 Å². The predicted molar refractivity (Wildman–Crippen MR) is 71.2 cm³/mol. The van der Waals surface area contributed by atoms with Gasteiger partial charge in [0.2, 0.25) is 5.95 Å². The summed E-state index contributed by atoms with van der Waals surface area (Å²) in [5.41, 5.74) is 0. The van der Waals surface area contributed by atoms with E-state index in [1.165, 1.54) is 25.9 Å². The van der Waals surface area contributed by atoms with Crippen LogP contribution in [-0.4, -0.2) is 40.6 Å². The molecule has 1 saturated heterocycles. The predicted octanol–water partition coefficient (Wildman–Crippen LogP) is 2.05. The second kappa shape index (κ2) is 6.05. The third kappa shape index (κ3) is 3.46. The first-order chi connectivity index (χ1) is 8.29. The SMILES string of the molecule is CCn1ccnc1NCCN1CCC(C)CC1. The number of nitrogens with zero attached hydrogens (tertiary/aromatic N) is 3. The van der Waals surface area contributed by atoms with Gasteiger partial charge in [-0.25, -0.2) is 4.98 Å². The Bertz CT molecular complexity index is 326. The van der Waals surface area contributed by atoms with Crippen LogP contribution >= 0.6 is 0 Å². The molecule has 4 nitrogen and oxygen atoms in total. The van der Waals surface area contributed by atoms with Crippen LogP contribution in [0.5, 0.6) is 0 Å². The summed E-state index contributed by atoms with van der Waals surface area (Å²) < 4.78 is 2.14. The molecule has 0 unspecified atom stereocenters. The highest BCUT2D eigenvalue weighted by atomic mass is 15.2. The Morgan fingerprint density at radius 1 is 1.41 bits per heavy atom. The topological polar surface area (TPSA) is 33.1 Å². The zero-order valence-corrected chi connectivity index (χ0v) is 11.0. The molecule has 1 aromatic heterocycles. The Morgan fingerprint density at radius 3 is 2.88 bits per heavy atom. The maximum atomic E-state index is 4.32. The first-order valence-electron chi connectivity index (χ1n) is 6.77. The summed E-state index contributed by atoms with van der Waals surface area (Å²) >= 11 is 0. The molecule has 1 aliphatic rings. The molecule has 0 aliphatic carbocycles. The van der Waals surface area contributed by atoms with Crippen LogP contribution in [0.2, 0.25) is 0 Å². The minimum Gasteiger partial charge on any atom is -0.354 e. The van der Waals surface area contributed by atoms with Gasteiger partial charge in [-0.3, -0.25) is 0 Å². The lowest BCUT2D eigenvalue weighted by Gasteiger charge is -2.30. The number of hydrogen-bond acceptors (Lipinski definition) is 3. The minimum absolute atomic E-state index is 0.915. The van der Waals surface area contributed by atoms with Gasteiger partial charge in [0.15, 0.2) is 0 Å². The van der Waals surface area contributed by atoms with Gasteiger partial charge < -0.3 is 14.8 Å². The van der Waals surface area contributed by atoms with Crippen LogP contribution in [0.1, 0.15) is 26.7 Å². The van der Waals surface area contributed by atoms with Crippen molar-refractivity contribution in [1.82, 2.24) is 14.5 Å². The summed E-state index contributed by atoms with van der Waals surface area (Å²) in [5, 5.41) is 3.41. The Labute approximate surface area is 104 Å². The number of aryl methyl sites for hydroxylation is 1. The number of rotatable bonds is 5. The number of nitrogens with one attached hydrogen (secondary N) is 1. The molecular weight excluding hydrogens is 212 g/mol. The molecule has 1 aromatic rings. The van der Waals surface area contributed by atoms with Gasteiger partial charge in [0.1, 0.15) is 0 Å². The van der Waals surface area contributed by atoms with Gasteiger partial charge in [-0.1, -0.05) is 6.92 Å². The average molecular weight is 236 g/mol. The highest BCUT2D eigenvalue weighted by molar-refractivity contribution is 5.25. The minimum atomic E-state index is 0.915. The highest BCUT2D eigenvalue weighted by Gasteiger charge is 2.14. The third-order valence-corrected chi connectivity index (χ3v) is 3.64. The van der Waals surface area contributed by atoms with Gasteiger partial charge in [-0.2, -0.15) is 0 Å². The molecule has 4 heteroatoms. The van der Waals surface area contributed by atoms with Gasteiger partial charge in [0.05, 0.1) is 0 Å². The molecule has 2 heterocycles. The normalized spacial score (nSPS) is 18.5. The summed E-state index contributed by atoms with van der Waals surface area (Å²) in [6, 6.07) is 0. The fourth-order valence-electron chi connectivity index (χ4n) is 2.34. The fourth-order valence-corrected chi connectivity index (χ4v) is 2.34. The van der Waals surface area contributed by atoms with E-state index in [1.54, 1.807) is 0 Å². The summed E-state index contributed by atoms with van der Waals surface area (Å²) in [6.07, 6.45) is 6.58. The molecule has 96 valence electrons. The van der Waals surface area contributed by atoms with Gasteiger partial charge in [-0.15, -0.1) is 0 Å². The zero-order chi connectivity index (χ0) is 12.1. The quantitative estimate of drug-likeness (QED) is 0.849. The number of imidazole rings is 1. The van der Waals surface area contributed by atoms with Crippen molar-refractivity contribution in [2.75, 3.05) is 31.5 Å². The smallest absolute Gasteiger partial charge is 0.202 e. The van der Waals surface area contributed by atoms with Gasteiger partial charge in [0, 0.05) is 32.0 Å². The van der Waals surface area contributed by atoms with Crippen LogP contribution in [0.4, 0.5) is 5.95 Å².